The molecule has 0 aliphatic carbocycles. The molecule has 3 aromatic rings. The van der Waals surface area contributed by atoms with E-state index in [4.69, 9.17) is 0 Å². The lowest BCUT2D eigenvalue weighted by Gasteiger charge is -2.04. The maximum atomic E-state index is 4.33. The van der Waals surface area contributed by atoms with E-state index in [2.05, 4.69) is 72.6 Å². The van der Waals surface area contributed by atoms with Crippen molar-refractivity contribution in [2.45, 2.75) is 24.6 Å². The fourth-order valence-electron chi connectivity index (χ4n) is 2.12. The zero-order valence-electron chi connectivity index (χ0n) is 12.8. The molecule has 1 aromatic heterocycles. The predicted octanol–water partition coefficient (Wildman–Crippen LogP) is 5.05. The fourth-order valence-corrected chi connectivity index (χ4v) is 2.89. The third kappa shape index (κ3) is 3.74. The number of benzene rings is 2. The van der Waals surface area contributed by atoms with Crippen LogP contribution in [0.1, 0.15) is 16.7 Å². The Labute approximate surface area is 135 Å². The minimum absolute atomic E-state index is 0.916. The van der Waals surface area contributed by atoms with Crippen LogP contribution >= 0.6 is 11.8 Å². The van der Waals surface area contributed by atoms with Gasteiger partial charge in [-0.3, -0.25) is 0 Å². The number of rotatable bonds is 4. The van der Waals surface area contributed by atoms with Crippen LogP contribution in [0.4, 0.5) is 0 Å². The maximum Gasteiger partial charge on any atom is 0.119 e. The third-order valence-corrected chi connectivity index (χ3v) is 4.49. The molecule has 3 rings (SSSR count). The lowest BCUT2D eigenvalue weighted by atomic mass is 10.1. The van der Waals surface area contributed by atoms with Crippen molar-refractivity contribution in [3.63, 3.8) is 0 Å². The van der Waals surface area contributed by atoms with Crippen LogP contribution in [0.15, 0.2) is 65.7 Å². The molecule has 0 aliphatic heterocycles. The molecule has 0 bridgehead atoms. The molecule has 0 aliphatic rings. The minimum Gasteiger partial charge on any atom is -0.149 e. The molecule has 0 N–H and O–H groups in total. The largest absolute Gasteiger partial charge is 0.149 e. The first-order valence-electron chi connectivity index (χ1n) is 7.30. The molecular formula is C19H18N2S. The zero-order chi connectivity index (χ0) is 15.4. The van der Waals surface area contributed by atoms with Crippen molar-refractivity contribution in [1.82, 2.24) is 10.2 Å². The Morgan fingerprint density at radius 2 is 1.36 bits per heavy atom. The van der Waals surface area contributed by atoms with Gasteiger partial charge in [-0.25, -0.2) is 0 Å². The van der Waals surface area contributed by atoms with Gasteiger partial charge in [0.2, 0.25) is 0 Å². The molecule has 110 valence electrons. The van der Waals surface area contributed by atoms with Crippen LogP contribution in [0.5, 0.6) is 0 Å². The predicted molar refractivity (Wildman–Crippen MR) is 92.9 cm³/mol. The molecule has 3 heteroatoms. The highest BCUT2D eigenvalue weighted by atomic mass is 32.2. The summed E-state index contributed by atoms with van der Waals surface area (Å²) in [7, 11) is 0. The van der Waals surface area contributed by atoms with Crippen LogP contribution in [0.25, 0.3) is 11.3 Å². The number of hydrogen-bond acceptors (Lipinski definition) is 3. The van der Waals surface area contributed by atoms with Gasteiger partial charge in [-0.05, 0) is 31.5 Å². The molecule has 22 heavy (non-hydrogen) atoms. The normalized spacial score (nSPS) is 10.6. The summed E-state index contributed by atoms with van der Waals surface area (Å²) in [6.45, 7) is 4.19. The first-order chi connectivity index (χ1) is 10.7. The second kappa shape index (κ2) is 6.75. The molecule has 0 unspecified atom stereocenters. The van der Waals surface area contributed by atoms with Gasteiger partial charge >= 0.3 is 0 Å². The Morgan fingerprint density at radius 1 is 0.727 bits per heavy atom. The molecule has 0 atom stereocenters. The van der Waals surface area contributed by atoms with E-state index >= 15 is 0 Å². The van der Waals surface area contributed by atoms with E-state index in [1.54, 1.807) is 11.8 Å². The van der Waals surface area contributed by atoms with Gasteiger partial charge < -0.3 is 0 Å². The second-order valence-electron chi connectivity index (χ2n) is 5.40. The van der Waals surface area contributed by atoms with E-state index in [0.29, 0.717) is 0 Å². The van der Waals surface area contributed by atoms with Crippen molar-refractivity contribution in [1.29, 1.82) is 0 Å². The molecule has 0 fully saturated rings. The van der Waals surface area contributed by atoms with Crippen LogP contribution in [-0.2, 0) is 5.75 Å². The molecule has 0 amide bonds. The quantitative estimate of drug-likeness (QED) is 0.631. The third-order valence-electron chi connectivity index (χ3n) is 3.49. The monoisotopic (exact) mass is 306 g/mol. The minimum atomic E-state index is 0.916. The van der Waals surface area contributed by atoms with Gasteiger partial charge in [0.15, 0.2) is 0 Å². The van der Waals surface area contributed by atoms with Crippen LogP contribution < -0.4 is 0 Å². The van der Waals surface area contributed by atoms with Crippen LogP contribution in [-0.4, -0.2) is 10.2 Å². The van der Waals surface area contributed by atoms with Crippen molar-refractivity contribution in [2.75, 3.05) is 0 Å². The highest BCUT2D eigenvalue weighted by Crippen LogP contribution is 2.23. The molecule has 0 radical (unpaired) electrons. The summed E-state index contributed by atoms with van der Waals surface area (Å²) in [4.78, 5) is 0. The lowest BCUT2D eigenvalue weighted by molar-refractivity contribution is 0.935. The van der Waals surface area contributed by atoms with Crippen molar-refractivity contribution in [3.8, 4) is 11.3 Å². The molecule has 1 heterocycles. The average Bonchev–Trinajstić information content (AvgIpc) is 2.56. The summed E-state index contributed by atoms with van der Waals surface area (Å²) in [5.74, 6) is 0.916. The van der Waals surface area contributed by atoms with Gasteiger partial charge in [0.05, 0.1) is 5.69 Å². The summed E-state index contributed by atoms with van der Waals surface area (Å²) in [5.41, 5.74) is 5.87. The van der Waals surface area contributed by atoms with E-state index in [1.165, 1.54) is 16.7 Å². The Balaban J connectivity index is 1.66. The van der Waals surface area contributed by atoms with Gasteiger partial charge in [0.1, 0.15) is 5.03 Å². The molecular weight excluding hydrogens is 288 g/mol. The van der Waals surface area contributed by atoms with Gasteiger partial charge in [0, 0.05) is 11.3 Å². The standard InChI is InChI=1S/C19H18N2S/c1-14-3-7-16(8-4-14)13-22-19-12-11-18(20-21-19)17-9-5-15(2)6-10-17/h3-12H,13H2,1-2H3. The highest BCUT2D eigenvalue weighted by Gasteiger charge is 2.02. The van der Waals surface area contributed by atoms with E-state index in [9.17, 15) is 0 Å². The van der Waals surface area contributed by atoms with Crippen LogP contribution in [0, 0.1) is 13.8 Å². The first-order valence-corrected chi connectivity index (χ1v) is 8.28. The van der Waals surface area contributed by atoms with Crippen LogP contribution in [0.3, 0.4) is 0 Å². The molecule has 2 nitrogen and oxygen atoms in total. The van der Waals surface area contributed by atoms with Gasteiger partial charge in [-0.2, -0.15) is 0 Å². The summed E-state index contributed by atoms with van der Waals surface area (Å²) in [5, 5.41) is 9.61. The van der Waals surface area contributed by atoms with Crippen molar-refractivity contribution in [2.24, 2.45) is 0 Å². The van der Waals surface area contributed by atoms with Gasteiger partial charge in [-0.1, -0.05) is 71.4 Å². The number of nitrogens with zero attached hydrogens (tertiary/aromatic N) is 2. The van der Waals surface area contributed by atoms with E-state index in [1.807, 2.05) is 12.1 Å². The lowest BCUT2D eigenvalue weighted by Crippen LogP contribution is -1.90. The zero-order valence-corrected chi connectivity index (χ0v) is 13.6. The Bertz CT molecular complexity index is 732. The molecule has 0 saturated heterocycles. The average molecular weight is 306 g/mol. The maximum absolute atomic E-state index is 4.33. The number of thioether (sulfide) groups is 1. The Kier molecular flexibility index (Phi) is 4.54. The summed E-state index contributed by atoms with van der Waals surface area (Å²) in [6.07, 6.45) is 0. The number of aryl methyl sites for hydroxylation is 2. The summed E-state index contributed by atoms with van der Waals surface area (Å²) in [6, 6.07) is 21.0. The van der Waals surface area contributed by atoms with E-state index in [-0.39, 0.29) is 0 Å². The smallest absolute Gasteiger partial charge is 0.119 e. The first kappa shape index (κ1) is 14.8. The van der Waals surface area contributed by atoms with E-state index < -0.39 is 0 Å². The Hall–Kier alpha value is -2.13. The topological polar surface area (TPSA) is 25.8 Å². The summed E-state index contributed by atoms with van der Waals surface area (Å²) >= 11 is 1.71. The molecule has 0 saturated carbocycles. The Morgan fingerprint density at radius 3 is 1.95 bits per heavy atom. The van der Waals surface area contributed by atoms with Gasteiger partial charge in [0.25, 0.3) is 0 Å². The second-order valence-corrected chi connectivity index (χ2v) is 6.39. The molecule has 0 spiro atoms. The fraction of sp³-hybridized carbons (Fsp3) is 0.158. The summed E-state index contributed by atoms with van der Waals surface area (Å²) < 4.78 is 0. The van der Waals surface area contributed by atoms with Gasteiger partial charge in [-0.15, -0.1) is 10.2 Å². The van der Waals surface area contributed by atoms with Crippen molar-refractivity contribution >= 4 is 11.8 Å². The van der Waals surface area contributed by atoms with Crippen LogP contribution in [0.2, 0.25) is 0 Å². The molecule has 2 aromatic carbocycles. The SMILES string of the molecule is Cc1ccc(CSc2ccc(-c3ccc(C)cc3)nn2)cc1. The number of hydrogen-bond donors (Lipinski definition) is 0. The van der Waals surface area contributed by atoms with E-state index in [0.717, 1.165) is 22.0 Å². The number of aromatic nitrogens is 2. The highest BCUT2D eigenvalue weighted by molar-refractivity contribution is 7.98. The van der Waals surface area contributed by atoms with Crippen molar-refractivity contribution < 1.29 is 0 Å². The van der Waals surface area contributed by atoms with Crippen molar-refractivity contribution in [3.05, 3.63) is 77.4 Å².